The van der Waals surface area contributed by atoms with Crippen molar-refractivity contribution in [2.45, 2.75) is 69.9 Å². The molecule has 1 aliphatic carbocycles. The van der Waals surface area contributed by atoms with E-state index in [0.717, 1.165) is 18.9 Å². The van der Waals surface area contributed by atoms with Crippen LogP contribution in [0.1, 0.15) is 66.7 Å². The second kappa shape index (κ2) is 12.6. The minimum absolute atomic E-state index is 0.0516. The molecule has 1 aliphatic rings. The molecule has 232 valence electrons. The van der Waals surface area contributed by atoms with Crippen LogP contribution in [0.5, 0.6) is 11.5 Å². The van der Waals surface area contributed by atoms with Gasteiger partial charge in [-0.1, -0.05) is 0 Å². The van der Waals surface area contributed by atoms with Gasteiger partial charge in [0.05, 0.1) is 24.6 Å². The molecule has 1 atom stereocenters. The molecule has 2 aromatic carbocycles. The number of alkyl halides is 4. The quantitative estimate of drug-likeness (QED) is 0.162. The molecule has 6 nitrogen and oxygen atoms in total. The zero-order chi connectivity index (χ0) is 31.6. The van der Waals surface area contributed by atoms with Gasteiger partial charge in [-0.3, -0.25) is 4.79 Å². The lowest BCUT2D eigenvalue weighted by Crippen LogP contribution is -2.44. The smallest absolute Gasteiger partial charge is 0.422 e. The second-order valence-corrected chi connectivity index (χ2v) is 11.3. The number of methoxy groups -OCH3 is 1. The van der Waals surface area contributed by atoms with E-state index in [0.29, 0.717) is 11.3 Å². The number of aryl methyl sites for hydroxylation is 1. The predicted molar refractivity (Wildman–Crippen MR) is 152 cm³/mol. The first-order valence-corrected chi connectivity index (χ1v) is 14.0. The molecular formula is C32H35F5N2O4. The van der Waals surface area contributed by atoms with Crippen molar-refractivity contribution >= 4 is 5.78 Å². The van der Waals surface area contributed by atoms with Crippen LogP contribution < -0.4 is 14.8 Å². The Bertz CT molecular complexity index is 1470. The van der Waals surface area contributed by atoms with Crippen molar-refractivity contribution in [2.24, 2.45) is 0 Å². The Hall–Kier alpha value is -3.57. The highest BCUT2D eigenvalue weighted by Gasteiger charge is 2.56. The van der Waals surface area contributed by atoms with Crippen molar-refractivity contribution in [3.63, 3.8) is 0 Å². The van der Waals surface area contributed by atoms with Crippen molar-refractivity contribution in [3.8, 4) is 22.8 Å². The number of halogens is 5. The van der Waals surface area contributed by atoms with E-state index < -0.39 is 54.1 Å². The molecule has 1 saturated carbocycles. The molecule has 0 aliphatic heterocycles. The average molecular weight is 607 g/mol. The van der Waals surface area contributed by atoms with Crippen LogP contribution in [0.4, 0.5) is 22.0 Å². The molecule has 0 amide bonds. The zero-order valence-electron chi connectivity index (χ0n) is 24.4. The Balaban J connectivity index is 1.72. The minimum Gasteiger partial charge on any atom is -0.493 e. The highest BCUT2D eigenvalue weighted by Crippen LogP contribution is 2.44. The molecule has 1 aromatic heterocycles. The van der Waals surface area contributed by atoms with E-state index >= 15 is 0 Å². The van der Waals surface area contributed by atoms with E-state index in [2.05, 4.69) is 10.3 Å². The lowest BCUT2D eigenvalue weighted by molar-refractivity contribution is -0.270. The van der Waals surface area contributed by atoms with Crippen LogP contribution in [0.25, 0.3) is 11.3 Å². The summed E-state index contributed by atoms with van der Waals surface area (Å²) in [6, 6.07) is 11.0. The molecule has 0 saturated heterocycles. The third-order valence-electron chi connectivity index (χ3n) is 7.57. The molecule has 1 unspecified atom stereocenters. The first kappa shape index (κ1) is 32.3. The Morgan fingerprint density at radius 2 is 1.79 bits per heavy atom. The number of carbonyl (C=O) groups excluding carboxylic acids is 1. The van der Waals surface area contributed by atoms with Gasteiger partial charge in [-0.05, 0) is 99.7 Å². The Labute approximate surface area is 247 Å². The molecule has 3 aromatic rings. The molecule has 43 heavy (non-hydrogen) atoms. The van der Waals surface area contributed by atoms with Crippen LogP contribution in [0, 0.1) is 12.7 Å². The molecule has 4 rings (SSSR count). The van der Waals surface area contributed by atoms with E-state index in [9.17, 15) is 31.9 Å². The highest BCUT2D eigenvalue weighted by atomic mass is 19.4. The molecule has 11 heteroatoms. The Morgan fingerprint density at radius 1 is 1.07 bits per heavy atom. The maximum atomic E-state index is 14.7. The summed E-state index contributed by atoms with van der Waals surface area (Å²) in [5.74, 6) is -0.434. The van der Waals surface area contributed by atoms with Crippen LogP contribution in [0.15, 0.2) is 48.5 Å². The minimum atomic E-state index is -5.22. The predicted octanol–water partition coefficient (Wildman–Crippen LogP) is 6.95. The number of Topliss-reactive ketones (excluding diaryl/α,β-unsaturated/α-hetero) is 1. The Morgan fingerprint density at radius 3 is 2.40 bits per heavy atom. The van der Waals surface area contributed by atoms with Gasteiger partial charge in [-0.2, -0.15) is 13.2 Å². The van der Waals surface area contributed by atoms with Crippen LogP contribution in [-0.2, 0) is 11.1 Å². The molecule has 2 N–H and O–H groups in total. The standard InChI is InChI=1S/C32H35F5N2O4/c1-19-15-20(5-9-24(19)34)25-17-22(30(2,3)38-14-13-33)18-29(39-25)31(41,32(35,36)37)12-11-26(40)21-6-10-27(28(16-21)42-4)43-23-7-8-23/h5-6,9-10,15-18,23,38,41H,7-8,11-14H2,1-4H3. The van der Waals surface area contributed by atoms with Gasteiger partial charge in [0.15, 0.2) is 17.3 Å². The van der Waals surface area contributed by atoms with Gasteiger partial charge < -0.3 is 19.9 Å². The number of aliphatic hydroxyl groups is 1. The molecule has 0 radical (unpaired) electrons. The molecule has 0 bridgehead atoms. The van der Waals surface area contributed by atoms with Gasteiger partial charge in [0, 0.05) is 29.6 Å². The van der Waals surface area contributed by atoms with E-state index in [4.69, 9.17) is 9.47 Å². The second-order valence-electron chi connectivity index (χ2n) is 11.3. The summed E-state index contributed by atoms with van der Waals surface area (Å²) in [6.07, 6.45) is -5.02. The lowest BCUT2D eigenvalue weighted by atomic mass is 9.86. The first-order valence-electron chi connectivity index (χ1n) is 14.0. The van der Waals surface area contributed by atoms with Crippen molar-refractivity contribution in [3.05, 3.63) is 76.7 Å². The van der Waals surface area contributed by atoms with E-state index in [-0.39, 0.29) is 40.8 Å². The summed E-state index contributed by atoms with van der Waals surface area (Å²) >= 11 is 0. The molecule has 0 spiro atoms. The monoisotopic (exact) mass is 606 g/mol. The first-order chi connectivity index (χ1) is 20.2. The molecular weight excluding hydrogens is 571 g/mol. The summed E-state index contributed by atoms with van der Waals surface area (Å²) in [4.78, 5) is 17.3. The van der Waals surface area contributed by atoms with E-state index in [1.807, 2.05) is 0 Å². The number of rotatable bonds is 13. The number of ether oxygens (including phenoxy) is 2. The third-order valence-corrected chi connectivity index (χ3v) is 7.57. The third kappa shape index (κ3) is 7.33. The molecule has 1 fully saturated rings. The largest absolute Gasteiger partial charge is 0.493 e. The van der Waals surface area contributed by atoms with Gasteiger partial charge in [0.1, 0.15) is 12.5 Å². The topological polar surface area (TPSA) is 80.7 Å². The van der Waals surface area contributed by atoms with Gasteiger partial charge in [-0.25, -0.2) is 13.8 Å². The average Bonchev–Trinajstić information content (AvgIpc) is 3.79. The van der Waals surface area contributed by atoms with Crippen molar-refractivity contribution in [1.82, 2.24) is 10.3 Å². The number of nitrogens with zero attached hydrogens (tertiary/aromatic N) is 1. The fraction of sp³-hybridized carbons (Fsp3) is 0.438. The molecule has 1 heterocycles. The van der Waals surface area contributed by atoms with E-state index in [1.165, 1.54) is 56.5 Å². The summed E-state index contributed by atoms with van der Waals surface area (Å²) in [7, 11) is 1.40. The van der Waals surface area contributed by atoms with Crippen LogP contribution in [0.2, 0.25) is 0 Å². The van der Waals surface area contributed by atoms with Crippen molar-refractivity contribution in [2.75, 3.05) is 20.3 Å². The maximum absolute atomic E-state index is 14.7. The summed E-state index contributed by atoms with van der Waals surface area (Å²) in [6.45, 7) is 4.04. The number of nitrogens with one attached hydrogen (secondary N) is 1. The summed E-state index contributed by atoms with van der Waals surface area (Å²) in [5, 5.41) is 14.2. The van der Waals surface area contributed by atoms with Gasteiger partial charge in [0.2, 0.25) is 5.60 Å². The fourth-order valence-corrected chi connectivity index (χ4v) is 4.67. The fourth-order valence-electron chi connectivity index (χ4n) is 4.67. The summed E-state index contributed by atoms with van der Waals surface area (Å²) < 4.78 is 82.0. The van der Waals surface area contributed by atoms with Crippen LogP contribution in [0.3, 0.4) is 0 Å². The van der Waals surface area contributed by atoms with Gasteiger partial charge in [0.25, 0.3) is 0 Å². The number of ketones is 1. The normalized spacial score (nSPS) is 15.2. The van der Waals surface area contributed by atoms with Gasteiger partial charge >= 0.3 is 6.18 Å². The van der Waals surface area contributed by atoms with Crippen molar-refractivity contribution < 1.29 is 41.3 Å². The van der Waals surface area contributed by atoms with Crippen molar-refractivity contribution in [1.29, 1.82) is 0 Å². The SMILES string of the molecule is COc1cc(C(=O)CCC(O)(c2cc(C(C)(C)NCCF)cc(-c3ccc(F)c(C)c3)n2)C(F)(F)F)ccc1OC1CC1. The number of carbonyl (C=O) groups is 1. The number of benzene rings is 2. The van der Waals surface area contributed by atoms with Crippen LogP contribution >= 0.6 is 0 Å². The Kier molecular flexibility index (Phi) is 9.46. The highest BCUT2D eigenvalue weighted by molar-refractivity contribution is 5.96. The van der Waals surface area contributed by atoms with Crippen LogP contribution in [-0.4, -0.2) is 48.5 Å². The number of hydrogen-bond donors (Lipinski definition) is 2. The maximum Gasteiger partial charge on any atom is 0.422 e. The number of hydrogen-bond acceptors (Lipinski definition) is 6. The summed E-state index contributed by atoms with van der Waals surface area (Å²) in [5.41, 5.74) is -4.27. The zero-order valence-corrected chi connectivity index (χ0v) is 24.4. The van der Waals surface area contributed by atoms with Gasteiger partial charge in [-0.15, -0.1) is 0 Å². The van der Waals surface area contributed by atoms with E-state index in [1.54, 1.807) is 13.8 Å². The lowest BCUT2D eigenvalue weighted by Gasteiger charge is -2.33. The number of pyridine rings is 1. The number of aromatic nitrogens is 1.